The fraction of sp³-hybridized carbons (Fsp3) is 0.385. The van der Waals surface area contributed by atoms with Crippen molar-refractivity contribution in [1.29, 1.82) is 0 Å². The number of carboxylic acids is 1. The number of amides is 1. The van der Waals surface area contributed by atoms with Gasteiger partial charge in [0.1, 0.15) is 11.3 Å². The predicted octanol–water partition coefficient (Wildman–Crippen LogP) is 1.40. The van der Waals surface area contributed by atoms with E-state index >= 15 is 0 Å². The molecule has 0 aliphatic carbocycles. The maximum atomic E-state index is 12.1. The van der Waals surface area contributed by atoms with Crippen LogP contribution in [-0.2, 0) is 4.79 Å². The summed E-state index contributed by atoms with van der Waals surface area (Å²) in [5, 5.41) is 20.9. The van der Waals surface area contributed by atoms with Gasteiger partial charge in [-0.1, -0.05) is 6.92 Å². The molecule has 1 atom stereocenters. The van der Waals surface area contributed by atoms with E-state index < -0.39 is 11.4 Å². The molecule has 0 bridgehead atoms. The van der Waals surface area contributed by atoms with Crippen LogP contribution in [0.25, 0.3) is 0 Å². The molecule has 0 heterocycles. The maximum Gasteiger partial charge on any atom is 0.339 e. The minimum absolute atomic E-state index is 0.194. The number of aromatic hydroxyl groups is 1. The molecule has 1 unspecified atom stereocenters. The molecule has 5 N–H and O–H groups in total. The second-order valence-electron chi connectivity index (χ2n) is 4.61. The van der Waals surface area contributed by atoms with Crippen molar-refractivity contribution in [2.75, 3.05) is 11.9 Å². The van der Waals surface area contributed by atoms with Gasteiger partial charge in [0, 0.05) is 12.2 Å². The molecule has 0 aliphatic rings. The van der Waals surface area contributed by atoms with Gasteiger partial charge in [-0.05, 0) is 31.5 Å². The van der Waals surface area contributed by atoms with Crippen LogP contribution < -0.4 is 11.1 Å². The van der Waals surface area contributed by atoms with E-state index in [4.69, 9.17) is 10.8 Å². The van der Waals surface area contributed by atoms with E-state index in [2.05, 4.69) is 5.32 Å². The van der Waals surface area contributed by atoms with Gasteiger partial charge >= 0.3 is 5.97 Å². The van der Waals surface area contributed by atoms with E-state index in [-0.39, 0.29) is 23.8 Å². The van der Waals surface area contributed by atoms with Crippen LogP contribution in [0.1, 0.15) is 30.6 Å². The molecule has 0 spiro atoms. The number of carbonyl (C=O) groups is 2. The molecular weight excluding hydrogens is 248 g/mol. The Kier molecular flexibility index (Phi) is 4.50. The number of anilines is 1. The Hall–Kier alpha value is -2.08. The summed E-state index contributed by atoms with van der Waals surface area (Å²) in [5.41, 5.74) is 4.93. The Bertz CT molecular complexity index is 495. The summed E-state index contributed by atoms with van der Waals surface area (Å²) in [6.45, 7) is 3.78. The van der Waals surface area contributed by atoms with Gasteiger partial charge < -0.3 is 21.3 Å². The summed E-state index contributed by atoms with van der Waals surface area (Å²) in [5.74, 6) is -1.88. The maximum absolute atomic E-state index is 12.1. The Balaban J connectivity index is 2.98. The van der Waals surface area contributed by atoms with Crippen molar-refractivity contribution < 1.29 is 19.8 Å². The van der Waals surface area contributed by atoms with Crippen LogP contribution in [0, 0.1) is 5.41 Å². The molecule has 0 aliphatic heterocycles. The first-order chi connectivity index (χ1) is 8.84. The van der Waals surface area contributed by atoms with Gasteiger partial charge in [0.15, 0.2) is 0 Å². The van der Waals surface area contributed by atoms with Gasteiger partial charge in [0.25, 0.3) is 0 Å². The standard InChI is InChI=1S/C13H18N2O4/c1-3-13(2,7-14)12(19)15-8-4-5-10(16)9(6-8)11(17)18/h4-6,16H,3,7,14H2,1-2H3,(H,15,19)(H,17,18). The van der Waals surface area contributed by atoms with Crippen molar-refractivity contribution in [1.82, 2.24) is 0 Å². The van der Waals surface area contributed by atoms with Crippen LogP contribution in [-0.4, -0.2) is 28.6 Å². The summed E-state index contributed by atoms with van der Waals surface area (Å²) in [7, 11) is 0. The van der Waals surface area contributed by atoms with Crippen molar-refractivity contribution in [3.05, 3.63) is 23.8 Å². The van der Waals surface area contributed by atoms with Crippen LogP contribution in [0.2, 0.25) is 0 Å². The van der Waals surface area contributed by atoms with Crippen LogP contribution in [0.15, 0.2) is 18.2 Å². The number of phenols is 1. The van der Waals surface area contributed by atoms with Gasteiger partial charge in [-0.3, -0.25) is 4.79 Å². The number of nitrogens with one attached hydrogen (secondary N) is 1. The van der Waals surface area contributed by atoms with E-state index in [1.165, 1.54) is 18.2 Å². The molecule has 1 amide bonds. The molecule has 0 saturated heterocycles. The summed E-state index contributed by atoms with van der Waals surface area (Å²) in [6, 6.07) is 3.87. The highest BCUT2D eigenvalue weighted by Gasteiger charge is 2.29. The topological polar surface area (TPSA) is 113 Å². The van der Waals surface area contributed by atoms with Gasteiger partial charge in [0.2, 0.25) is 5.91 Å². The number of hydrogen-bond donors (Lipinski definition) is 4. The lowest BCUT2D eigenvalue weighted by Crippen LogP contribution is -2.39. The first-order valence-electron chi connectivity index (χ1n) is 5.92. The van der Waals surface area contributed by atoms with E-state index in [0.717, 1.165) is 0 Å². The molecule has 6 nitrogen and oxygen atoms in total. The first-order valence-corrected chi connectivity index (χ1v) is 5.92. The van der Waals surface area contributed by atoms with Crippen molar-refractivity contribution in [2.24, 2.45) is 11.1 Å². The first kappa shape index (κ1) is 15.0. The molecule has 1 aromatic rings. The van der Waals surface area contributed by atoms with Crippen LogP contribution in [0.5, 0.6) is 5.75 Å². The van der Waals surface area contributed by atoms with Gasteiger partial charge in [-0.25, -0.2) is 4.79 Å². The van der Waals surface area contributed by atoms with E-state index in [9.17, 15) is 14.7 Å². The molecule has 0 fully saturated rings. The third-order valence-electron chi connectivity index (χ3n) is 3.26. The fourth-order valence-electron chi connectivity index (χ4n) is 1.46. The van der Waals surface area contributed by atoms with Crippen molar-refractivity contribution in [3.63, 3.8) is 0 Å². The second kappa shape index (κ2) is 5.71. The lowest BCUT2D eigenvalue weighted by Gasteiger charge is -2.25. The monoisotopic (exact) mass is 266 g/mol. The normalized spacial score (nSPS) is 13.6. The smallest absolute Gasteiger partial charge is 0.339 e. The number of rotatable bonds is 5. The Morgan fingerprint density at radius 1 is 1.42 bits per heavy atom. The number of nitrogens with two attached hydrogens (primary N) is 1. The fourth-order valence-corrected chi connectivity index (χ4v) is 1.46. The largest absolute Gasteiger partial charge is 0.507 e. The molecule has 0 aromatic heterocycles. The Labute approximate surface area is 111 Å². The van der Waals surface area contributed by atoms with Crippen LogP contribution in [0.3, 0.4) is 0 Å². The van der Waals surface area contributed by atoms with Crippen molar-refractivity contribution in [2.45, 2.75) is 20.3 Å². The van der Waals surface area contributed by atoms with Crippen molar-refractivity contribution >= 4 is 17.6 Å². The minimum Gasteiger partial charge on any atom is -0.507 e. The van der Waals surface area contributed by atoms with E-state index in [1.54, 1.807) is 6.92 Å². The van der Waals surface area contributed by atoms with Crippen LogP contribution >= 0.6 is 0 Å². The molecule has 19 heavy (non-hydrogen) atoms. The molecule has 6 heteroatoms. The molecular formula is C13H18N2O4. The third kappa shape index (κ3) is 3.23. The van der Waals surface area contributed by atoms with Crippen molar-refractivity contribution in [3.8, 4) is 5.75 Å². The summed E-state index contributed by atoms with van der Waals surface area (Å²) >= 11 is 0. The zero-order valence-electron chi connectivity index (χ0n) is 10.9. The summed E-state index contributed by atoms with van der Waals surface area (Å²) in [4.78, 5) is 22.9. The lowest BCUT2D eigenvalue weighted by atomic mass is 9.86. The van der Waals surface area contributed by atoms with Gasteiger partial charge in [0.05, 0.1) is 5.41 Å². The third-order valence-corrected chi connectivity index (χ3v) is 3.26. The number of carbonyl (C=O) groups excluding carboxylic acids is 1. The van der Waals surface area contributed by atoms with Gasteiger partial charge in [-0.2, -0.15) is 0 Å². The second-order valence-corrected chi connectivity index (χ2v) is 4.61. The zero-order valence-corrected chi connectivity index (χ0v) is 10.9. The predicted molar refractivity (Wildman–Crippen MR) is 71.1 cm³/mol. The average Bonchev–Trinajstić information content (AvgIpc) is 2.39. The summed E-state index contributed by atoms with van der Waals surface area (Å²) < 4.78 is 0. The van der Waals surface area contributed by atoms with Crippen LogP contribution in [0.4, 0.5) is 5.69 Å². The number of hydrogen-bond acceptors (Lipinski definition) is 4. The number of aromatic carboxylic acids is 1. The molecule has 1 aromatic carbocycles. The summed E-state index contributed by atoms with van der Waals surface area (Å²) in [6.07, 6.45) is 0.569. The highest BCUT2D eigenvalue weighted by atomic mass is 16.4. The molecule has 0 radical (unpaired) electrons. The number of benzene rings is 1. The molecule has 1 rings (SSSR count). The van der Waals surface area contributed by atoms with Gasteiger partial charge in [-0.15, -0.1) is 0 Å². The SMILES string of the molecule is CCC(C)(CN)C(=O)Nc1ccc(O)c(C(=O)O)c1. The highest BCUT2D eigenvalue weighted by molar-refractivity contribution is 5.97. The minimum atomic E-state index is -1.26. The molecule has 104 valence electrons. The lowest BCUT2D eigenvalue weighted by molar-refractivity contribution is -0.124. The zero-order chi connectivity index (χ0) is 14.6. The Morgan fingerprint density at radius 3 is 2.53 bits per heavy atom. The van der Waals surface area contributed by atoms with E-state index in [1.807, 2.05) is 6.92 Å². The quantitative estimate of drug-likeness (QED) is 0.602. The molecule has 0 saturated carbocycles. The average molecular weight is 266 g/mol. The van der Waals surface area contributed by atoms with E-state index in [0.29, 0.717) is 12.1 Å². The Morgan fingerprint density at radius 2 is 2.05 bits per heavy atom. The highest BCUT2D eigenvalue weighted by Crippen LogP contribution is 2.25. The number of carboxylic acid groups (broad SMARTS) is 1.